The van der Waals surface area contributed by atoms with Crippen LogP contribution >= 0.6 is 11.3 Å². The van der Waals surface area contributed by atoms with E-state index in [1.54, 1.807) is 17.5 Å². The van der Waals surface area contributed by atoms with Gasteiger partial charge in [0.25, 0.3) is 0 Å². The highest BCUT2D eigenvalue weighted by Crippen LogP contribution is 2.08. The van der Waals surface area contributed by atoms with E-state index in [-0.39, 0.29) is 5.91 Å². The van der Waals surface area contributed by atoms with E-state index in [0.29, 0.717) is 12.1 Å². The van der Waals surface area contributed by atoms with Crippen LogP contribution in [0.4, 0.5) is 0 Å². The number of amides is 1. The summed E-state index contributed by atoms with van der Waals surface area (Å²) in [7, 11) is 0. The molecule has 0 saturated heterocycles. The molecule has 0 aromatic carbocycles. The summed E-state index contributed by atoms with van der Waals surface area (Å²) in [5.74, 6) is -0.125. The molecular formula is C12H11N3OS. The molecule has 5 heteroatoms. The normalized spacial score (nSPS) is 10.6. The van der Waals surface area contributed by atoms with Gasteiger partial charge in [-0.05, 0) is 23.6 Å². The molecule has 0 unspecified atom stereocenters. The van der Waals surface area contributed by atoms with Gasteiger partial charge in [0.2, 0.25) is 5.91 Å². The Bertz CT molecular complexity index is 494. The van der Waals surface area contributed by atoms with Crippen molar-refractivity contribution >= 4 is 23.5 Å². The van der Waals surface area contributed by atoms with Gasteiger partial charge in [-0.2, -0.15) is 5.10 Å². The van der Waals surface area contributed by atoms with Gasteiger partial charge in [0, 0.05) is 11.1 Å². The minimum atomic E-state index is -0.125. The van der Waals surface area contributed by atoms with Crippen LogP contribution in [0.3, 0.4) is 0 Å². The van der Waals surface area contributed by atoms with E-state index in [9.17, 15) is 4.79 Å². The van der Waals surface area contributed by atoms with Crippen molar-refractivity contribution in [1.82, 2.24) is 10.4 Å². The first-order valence-corrected chi connectivity index (χ1v) is 5.98. The predicted octanol–water partition coefficient (Wildman–Crippen LogP) is 1.84. The fourth-order valence-electron chi connectivity index (χ4n) is 1.23. The van der Waals surface area contributed by atoms with Crippen molar-refractivity contribution in [3.05, 3.63) is 52.5 Å². The molecule has 0 radical (unpaired) electrons. The molecule has 2 rings (SSSR count). The van der Waals surface area contributed by atoms with E-state index < -0.39 is 0 Å². The van der Waals surface area contributed by atoms with Crippen LogP contribution in [0.1, 0.15) is 10.6 Å². The number of nitrogens with one attached hydrogen (secondary N) is 1. The minimum Gasteiger partial charge on any atom is -0.273 e. The van der Waals surface area contributed by atoms with Crippen LogP contribution in [0, 0.1) is 0 Å². The number of thiophene rings is 1. The number of carbonyl (C=O) groups excluding carboxylic acids is 1. The maximum Gasteiger partial charge on any atom is 0.245 e. The smallest absolute Gasteiger partial charge is 0.245 e. The summed E-state index contributed by atoms with van der Waals surface area (Å²) < 4.78 is 0. The van der Waals surface area contributed by atoms with E-state index in [1.165, 1.54) is 6.21 Å². The lowest BCUT2D eigenvalue weighted by Gasteiger charge is -1.96. The fourth-order valence-corrected chi connectivity index (χ4v) is 1.94. The molecule has 0 aliphatic heterocycles. The summed E-state index contributed by atoms with van der Waals surface area (Å²) in [6.07, 6.45) is 3.55. The molecule has 86 valence electrons. The summed E-state index contributed by atoms with van der Waals surface area (Å²) in [5.41, 5.74) is 3.18. The van der Waals surface area contributed by atoms with Crippen LogP contribution < -0.4 is 5.43 Å². The lowest BCUT2D eigenvalue weighted by Crippen LogP contribution is -2.19. The molecular weight excluding hydrogens is 234 g/mol. The second-order valence-corrected chi connectivity index (χ2v) is 4.34. The molecule has 0 atom stereocenters. The van der Waals surface area contributed by atoms with Crippen molar-refractivity contribution in [2.75, 3.05) is 0 Å². The summed E-state index contributed by atoms with van der Waals surface area (Å²) >= 11 is 1.56. The second-order valence-electron chi connectivity index (χ2n) is 3.30. The van der Waals surface area contributed by atoms with E-state index in [1.807, 2.05) is 35.7 Å². The van der Waals surface area contributed by atoms with Crippen molar-refractivity contribution in [2.45, 2.75) is 6.42 Å². The molecule has 2 aromatic rings. The van der Waals surface area contributed by atoms with Crippen LogP contribution in [0.15, 0.2) is 47.0 Å². The zero-order valence-electron chi connectivity index (χ0n) is 9.04. The molecule has 2 heterocycles. The van der Waals surface area contributed by atoms with Gasteiger partial charge in [-0.1, -0.05) is 12.1 Å². The Labute approximate surface area is 103 Å². The Morgan fingerprint density at radius 2 is 2.35 bits per heavy atom. The second kappa shape index (κ2) is 5.91. The van der Waals surface area contributed by atoms with Crippen LogP contribution in [-0.4, -0.2) is 17.1 Å². The number of rotatable bonds is 4. The Kier molecular flexibility index (Phi) is 3.99. The minimum absolute atomic E-state index is 0.125. The third-order valence-corrected chi connectivity index (χ3v) is 2.87. The number of nitrogens with zero attached hydrogens (tertiary/aromatic N) is 2. The zero-order chi connectivity index (χ0) is 11.9. The summed E-state index contributed by atoms with van der Waals surface area (Å²) in [6.45, 7) is 0. The van der Waals surface area contributed by atoms with Gasteiger partial charge in [-0.3, -0.25) is 9.78 Å². The van der Waals surface area contributed by atoms with Crippen molar-refractivity contribution < 1.29 is 4.79 Å². The SMILES string of the molecule is O=C(Cc1cccs1)NN=Cc1ccccn1. The largest absolute Gasteiger partial charge is 0.273 e. The van der Waals surface area contributed by atoms with Crippen molar-refractivity contribution in [2.24, 2.45) is 5.10 Å². The van der Waals surface area contributed by atoms with Gasteiger partial charge in [0.05, 0.1) is 18.3 Å². The first-order chi connectivity index (χ1) is 8.34. The van der Waals surface area contributed by atoms with E-state index in [2.05, 4.69) is 15.5 Å². The summed E-state index contributed by atoms with van der Waals surface area (Å²) in [4.78, 5) is 16.5. The number of hydrogen-bond acceptors (Lipinski definition) is 4. The molecule has 0 saturated carbocycles. The number of hydrazone groups is 1. The Hall–Kier alpha value is -2.01. The van der Waals surface area contributed by atoms with Crippen LogP contribution in [-0.2, 0) is 11.2 Å². The average molecular weight is 245 g/mol. The molecule has 1 N–H and O–H groups in total. The van der Waals surface area contributed by atoms with E-state index in [4.69, 9.17) is 0 Å². The topological polar surface area (TPSA) is 54.4 Å². The summed E-state index contributed by atoms with van der Waals surface area (Å²) in [5, 5.41) is 5.78. The van der Waals surface area contributed by atoms with Crippen LogP contribution in [0.5, 0.6) is 0 Å². The van der Waals surface area contributed by atoms with Crippen LogP contribution in [0.25, 0.3) is 0 Å². The van der Waals surface area contributed by atoms with E-state index in [0.717, 1.165) is 4.88 Å². The lowest BCUT2D eigenvalue weighted by atomic mass is 10.3. The molecule has 2 aromatic heterocycles. The Morgan fingerprint density at radius 1 is 1.41 bits per heavy atom. The lowest BCUT2D eigenvalue weighted by molar-refractivity contribution is -0.120. The monoisotopic (exact) mass is 245 g/mol. The molecule has 17 heavy (non-hydrogen) atoms. The summed E-state index contributed by atoms with van der Waals surface area (Å²) in [6, 6.07) is 9.35. The maximum atomic E-state index is 11.5. The third-order valence-electron chi connectivity index (χ3n) is 1.99. The Balaban J connectivity index is 1.82. The quantitative estimate of drug-likeness (QED) is 0.660. The molecule has 0 spiro atoms. The molecule has 0 bridgehead atoms. The molecule has 0 aliphatic rings. The number of carbonyl (C=O) groups is 1. The standard InChI is InChI=1S/C12H11N3OS/c16-12(8-11-5-3-7-17-11)15-14-9-10-4-1-2-6-13-10/h1-7,9H,8H2,(H,15,16). The van der Waals surface area contributed by atoms with Crippen molar-refractivity contribution in [3.63, 3.8) is 0 Å². The van der Waals surface area contributed by atoms with Gasteiger partial charge in [-0.15, -0.1) is 11.3 Å². The highest BCUT2D eigenvalue weighted by molar-refractivity contribution is 7.10. The van der Waals surface area contributed by atoms with Gasteiger partial charge in [0.15, 0.2) is 0 Å². The van der Waals surface area contributed by atoms with Gasteiger partial charge in [-0.25, -0.2) is 5.43 Å². The number of aromatic nitrogens is 1. The molecule has 1 amide bonds. The zero-order valence-corrected chi connectivity index (χ0v) is 9.85. The van der Waals surface area contributed by atoms with Gasteiger partial charge < -0.3 is 0 Å². The predicted molar refractivity (Wildman–Crippen MR) is 68.0 cm³/mol. The van der Waals surface area contributed by atoms with Crippen LogP contribution in [0.2, 0.25) is 0 Å². The van der Waals surface area contributed by atoms with Crippen molar-refractivity contribution in [1.29, 1.82) is 0 Å². The van der Waals surface area contributed by atoms with E-state index >= 15 is 0 Å². The highest BCUT2D eigenvalue weighted by Gasteiger charge is 2.01. The average Bonchev–Trinajstić information content (AvgIpc) is 2.83. The first-order valence-electron chi connectivity index (χ1n) is 5.10. The van der Waals surface area contributed by atoms with Gasteiger partial charge in [0.1, 0.15) is 0 Å². The fraction of sp³-hybridized carbons (Fsp3) is 0.0833. The third kappa shape index (κ3) is 3.81. The van der Waals surface area contributed by atoms with Crippen molar-refractivity contribution in [3.8, 4) is 0 Å². The molecule has 4 nitrogen and oxygen atoms in total. The number of hydrogen-bond donors (Lipinski definition) is 1. The Morgan fingerprint density at radius 3 is 3.06 bits per heavy atom. The molecule has 0 aliphatic carbocycles. The molecule has 0 fully saturated rings. The highest BCUT2D eigenvalue weighted by atomic mass is 32.1. The number of pyridine rings is 1. The first kappa shape index (κ1) is 11.5. The van der Waals surface area contributed by atoms with Gasteiger partial charge >= 0.3 is 0 Å². The maximum absolute atomic E-state index is 11.5.